The lowest BCUT2D eigenvalue weighted by Crippen LogP contribution is -2.46. The van der Waals surface area contributed by atoms with E-state index in [-0.39, 0.29) is 5.54 Å². The molecular formula is C17H17NO. The van der Waals surface area contributed by atoms with Gasteiger partial charge in [0.15, 0.2) is 0 Å². The van der Waals surface area contributed by atoms with Crippen LogP contribution in [0.2, 0.25) is 0 Å². The lowest BCUT2D eigenvalue weighted by Gasteiger charge is -2.27. The highest BCUT2D eigenvalue weighted by atomic mass is 16.3. The van der Waals surface area contributed by atoms with E-state index in [1.807, 2.05) is 12.1 Å². The van der Waals surface area contributed by atoms with Gasteiger partial charge in [-0.05, 0) is 30.0 Å². The predicted molar refractivity (Wildman–Crippen MR) is 74.7 cm³/mol. The van der Waals surface area contributed by atoms with Gasteiger partial charge in [-0.25, -0.2) is 0 Å². The maximum Gasteiger partial charge on any atom is 0.147 e. The van der Waals surface area contributed by atoms with E-state index in [4.69, 9.17) is 0 Å². The van der Waals surface area contributed by atoms with Crippen molar-refractivity contribution in [2.45, 2.75) is 31.0 Å². The van der Waals surface area contributed by atoms with Gasteiger partial charge in [0.25, 0.3) is 0 Å². The molecule has 0 amide bonds. The standard InChI is InChI=1S/C17H17NO/c1-16-10-12-6-2-3-7-13(12)11-17(19,18-16)15-9-5-4-8-14(15)16/h2-9,18-19H,10-11H2,1H3/t16-,17-/m1/s1. The van der Waals surface area contributed by atoms with Crippen molar-refractivity contribution < 1.29 is 5.11 Å². The van der Waals surface area contributed by atoms with Crippen LogP contribution in [-0.2, 0) is 24.1 Å². The fraction of sp³-hybridized carbons (Fsp3) is 0.294. The van der Waals surface area contributed by atoms with E-state index >= 15 is 0 Å². The van der Waals surface area contributed by atoms with Gasteiger partial charge in [0, 0.05) is 17.5 Å². The van der Waals surface area contributed by atoms with Gasteiger partial charge in [0.2, 0.25) is 0 Å². The monoisotopic (exact) mass is 251 g/mol. The van der Waals surface area contributed by atoms with E-state index in [1.54, 1.807) is 0 Å². The van der Waals surface area contributed by atoms with E-state index in [9.17, 15) is 5.11 Å². The molecule has 0 aliphatic carbocycles. The fourth-order valence-corrected chi connectivity index (χ4v) is 3.75. The molecule has 0 unspecified atom stereocenters. The van der Waals surface area contributed by atoms with Gasteiger partial charge >= 0.3 is 0 Å². The van der Waals surface area contributed by atoms with Crippen molar-refractivity contribution >= 4 is 0 Å². The minimum atomic E-state index is -0.933. The lowest BCUT2D eigenvalue weighted by molar-refractivity contribution is -0.00613. The smallest absolute Gasteiger partial charge is 0.147 e. The molecular weight excluding hydrogens is 234 g/mol. The summed E-state index contributed by atoms with van der Waals surface area (Å²) in [6.45, 7) is 2.19. The third-order valence-electron chi connectivity index (χ3n) is 4.56. The summed E-state index contributed by atoms with van der Waals surface area (Å²) in [6, 6.07) is 16.7. The molecule has 2 aliphatic heterocycles. The summed E-state index contributed by atoms with van der Waals surface area (Å²) >= 11 is 0. The first-order valence-corrected chi connectivity index (χ1v) is 6.79. The van der Waals surface area contributed by atoms with Gasteiger partial charge in [-0.1, -0.05) is 48.5 Å². The summed E-state index contributed by atoms with van der Waals surface area (Å²) in [5.74, 6) is 0. The van der Waals surface area contributed by atoms with Crippen LogP contribution in [0.3, 0.4) is 0 Å². The first-order chi connectivity index (χ1) is 9.11. The highest BCUT2D eigenvalue weighted by molar-refractivity contribution is 5.48. The lowest BCUT2D eigenvalue weighted by atomic mass is 9.81. The molecule has 0 saturated heterocycles. The highest BCUT2D eigenvalue weighted by Crippen LogP contribution is 2.46. The molecule has 0 aromatic heterocycles. The van der Waals surface area contributed by atoms with Crippen molar-refractivity contribution in [1.29, 1.82) is 0 Å². The number of benzene rings is 2. The Kier molecular flexibility index (Phi) is 2.05. The molecule has 0 radical (unpaired) electrons. The van der Waals surface area contributed by atoms with Crippen LogP contribution in [0.1, 0.15) is 29.2 Å². The molecule has 4 rings (SSSR count). The molecule has 0 saturated carbocycles. The van der Waals surface area contributed by atoms with Crippen LogP contribution >= 0.6 is 0 Å². The predicted octanol–water partition coefficient (Wildman–Crippen LogP) is 2.45. The maximum absolute atomic E-state index is 11.1. The van der Waals surface area contributed by atoms with E-state index in [1.165, 1.54) is 16.7 Å². The topological polar surface area (TPSA) is 32.3 Å². The Labute approximate surface area is 113 Å². The second-order valence-electron chi connectivity index (χ2n) is 5.99. The summed E-state index contributed by atoms with van der Waals surface area (Å²) in [7, 11) is 0. The van der Waals surface area contributed by atoms with E-state index in [0.717, 1.165) is 12.0 Å². The molecule has 2 aromatic carbocycles. The summed E-state index contributed by atoms with van der Waals surface area (Å²) in [5.41, 5.74) is 3.73. The van der Waals surface area contributed by atoms with Crippen LogP contribution in [-0.4, -0.2) is 5.11 Å². The first kappa shape index (κ1) is 11.2. The molecule has 2 aromatic rings. The van der Waals surface area contributed by atoms with Crippen LogP contribution in [0.4, 0.5) is 0 Å². The van der Waals surface area contributed by atoms with Crippen molar-refractivity contribution in [3.05, 3.63) is 70.8 Å². The average Bonchev–Trinajstić information content (AvgIpc) is 2.53. The molecule has 0 spiro atoms. The minimum Gasteiger partial charge on any atom is -0.371 e. The van der Waals surface area contributed by atoms with E-state index in [2.05, 4.69) is 48.6 Å². The molecule has 2 heterocycles. The number of aliphatic hydroxyl groups is 1. The Bertz CT molecular complexity index is 610. The molecule has 2 atom stereocenters. The third kappa shape index (κ3) is 1.44. The largest absolute Gasteiger partial charge is 0.371 e. The zero-order valence-corrected chi connectivity index (χ0v) is 11.0. The number of rotatable bonds is 0. The SMILES string of the molecule is C[C@]12Cc3ccccc3C[C@](O)(N1)c1ccccc12. The average molecular weight is 251 g/mol. The fourth-order valence-electron chi connectivity index (χ4n) is 3.75. The Morgan fingerprint density at radius 2 is 1.47 bits per heavy atom. The van der Waals surface area contributed by atoms with Gasteiger partial charge in [0.05, 0.1) is 0 Å². The van der Waals surface area contributed by atoms with Crippen molar-refractivity contribution in [3.63, 3.8) is 0 Å². The summed E-state index contributed by atoms with van der Waals surface area (Å²) in [4.78, 5) is 0. The molecule has 2 bridgehead atoms. The summed E-state index contributed by atoms with van der Waals surface area (Å²) in [6.07, 6.45) is 1.55. The molecule has 19 heavy (non-hydrogen) atoms. The van der Waals surface area contributed by atoms with Crippen molar-refractivity contribution in [1.82, 2.24) is 5.32 Å². The zero-order valence-electron chi connectivity index (χ0n) is 11.0. The van der Waals surface area contributed by atoms with Crippen molar-refractivity contribution in [3.8, 4) is 0 Å². The quantitative estimate of drug-likeness (QED) is 0.754. The van der Waals surface area contributed by atoms with Crippen molar-refractivity contribution in [2.24, 2.45) is 0 Å². The molecule has 2 aliphatic rings. The summed E-state index contributed by atoms with van der Waals surface area (Å²) in [5, 5.41) is 14.5. The number of nitrogens with one attached hydrogen (secondary N) is 1. The molecule has 96 valence electrons. The van der Waals surface area contributed by atoms with Crippen LogP contribution in [0.5, 0.6) is 0 Å². The molecule has 2 nitrogen and oxygen atoms in total. The Hall–Kier alpha value is -1.64. The number of fused-ring (bicyclic) bond motifs is 6. The normalized spacial score (nSPS) is 31.5. The van der Waals surface area contributed by atoms with E-state index < -0.39 is 5.72 Å². The van der Waals surface area contributed by atoms with Crippen molar-refractivity contribution in [2.75, 3.05) is 0 Å². The van der Waals surface area contributed by atoms with Crippen LogP contribution < -0.4 is 5.32 Å². The van der Waals surface area contributed by atoms with Gasteiger partial charge < -0.3 is 5.11 Å². The Balaban J connectivity index is 1.97. The Morgan fingerprint density at radius 1 is 0.895 bits per heavy atom. The van der Waals surface area contributed by atoms with Gasteiger partial charge in [-0.15, -0.1) is 0 Å². The van der Waals surface area contributed by atoms with Crippen LogP contribution in [0, 0.1) is 0 Å². The van der Waals surface area contributed by atoms with Crippen LogP contribution in [0.15, 0.2) is 48.5 Å². The Morgan fingerprint density at radius 3 is 2.21 bits per heavy atom. The summed E-state index contributed by atoms with van der Waals surface area (Å²) < 4.78 is 0. The highest BCUT2D eigenvalue weighted by Gasteiger charge is 2.50. The number of hydrogen-bond donors (Lipinski definition) is 2. The maximum atomic E-state index is 11.1. The molecule has 0 fully saturated rings. The van der Waals surface area contributed by atoms with E-state index in [0.29, 0.717) is 6.42 Å². The molecule has 2 N–H and O–H groups in total. The van der Waals surface area contributed by atoms with Gasteiger partial charge in [-0.2, -0.15) is 0 Å². The second kappa shape index (κ2) is 3.47. The first-order valence-electron chi connectivity index (χ1n) is 6.79. The van der Waals surface area contributed by atoms with Gasteiger partial charge in [0.1, 0.15) is 5.72 Å². The molecule has 2 heteroatoms. The van der Waals surface area contributed by atoms with Gasteiger partial charge in [-0.3, -0.25) is 5.32 Å². The zero-order chi connectivity index (χ0) is 13.1. The minimum absolute atomic E-state index is 0.183. The number of hydrogen-bond acceptors (Lipinski definition) is 2. The second-order valence-corrected chi connectivity index (χ2v) is 5.99. The van der Waals surface area contributed by atoms with Crippen LogP contribution in [0.25, 0.3) is 0 Å². The third-order valence-corrected chi connectivity index (χ3v) is 4.56.